The van der Waals surface area contributed by atoms with Gasteiger partial charge in [-0.3, -0.25) is 4.79 Å². The van der Waals surface area contributed by atoms with Crippen molar-refractivity contribution in [3.8, 4) is 0 Å². The summed E-state index contributed by atoms with van der Waals surface area (Å²) in [5.74, 6) is 2.94. The van der Waals surface area contributed by atoms with Gasteiger partial charge < -0.3 is 14.5 Å². The molecule has 0 atom stereocenters. The number of nitrogens with zero attached hydrogens (tertiary/aromatic N) is 5. The second kappa shape index (κ2) is 3.91. The molecule has 0 amide bonds. The van der Waals surface area contributed by atoms with Gasteiger partial charge in [0.25, 0.3) is 5.56 Å². The van der Waals surface area contributed by atoms with E-state index in [1.165, 1.54) is 0 Å². The Kier molecular flexibility index (Phi) is 2.20. The van der Waals surface area contributed by atoms with Crippen LogP contribution in [0.3, 0.4) is 0 Å². The Hall–Kier alpha value is -2.18. The molecule has 0 saturated heterocycles. The van der Waals surface area contributed by atoms with Gasteiger partial charge in [0, 0.05) is 25.1 Å². The summed E-state index contributed by atoms with van der Waals surface area (Å²) >= 11 is 0. The van der Waals surface area contributed by atoms with Crippen LogP contribution in [0.4, 0.5) is 5.82 Å². The molecule has 0 bridgehead atoms. The van der Waals surface area contributed by atoms with Gasteiger partial charge in [-0.25, -0.2) is 4.98 Å². The van der Waals surface area contributed by atoms with E-state index in [0.29, 0.717) is 12.5 Å². The maximum absolute atomic E-state index is 11.7. The highest BCUT2D eigenvalue weighted by Crippen LogP contribution is 2.38. The molecule has 1 aliphatic carbocycles. The standard InChI is InChI=1S/C12H14N6O/c19-11-5-9(14-12(15-11)8-1-2-8)17-3-4-18-7-13-16-10(18)6-17/h5,7-8H,1-4,6H2,(H,14,15,19). The van der Waals surface area contributed by atoms with Crippen LogP contribution in [0.25, 0.3) is 0 Å². The third kappa shape index (κ3) is 1.91. The van der Waals surface area contributed by atoms with Gasteiger partial charge in [-0.05, 0) is 12.8 Å². The molecular formula is C12H14N6O. The first kappa shape index (κ1) is 10.7. The molecule has 98 valence electrons. The maximum Gasteiger partial charge on any atom is 0.252 e. The fraction of sp³-hybridized carbons (Fsp3) is 0.500. The van der Waals surface area contributed by atoms with Crippen LogP contribution >= 0.6 is 0 Å². The Labute approximate surface area is 109 Å². The molecule has 1 saturated carbocycles. The van der Waals surface area contributed by atoms with Gasteiger partial charge in [-0.1, -0.05) is 0 Å². The third-order valence-electron chi connectivity index (χ3n) is 3.67. The fourth-order valence-electron chi connectivity index (χ4n) is 2.44. The lowest BCUT2D eigenvalue weighted by molar-refractivity contribution is 0.554. The fourth-order valence-corrected chi connectivity index (χ4v) is 2.44. The number of H-pyrrole nitrogens is 1. The highest BCUT2D eigenvalue weighted by Gasteiger charge is 2.27. The summed E-state index contributed by atoms with van der Waals surface area (Å²) in [6.45, 7) is 2.31. The van der Waals surface area contributed by atoms with Crippen LogP contribution in [0, 0.1) is 0 Å². The molecule has 0 radical (unpaired) electrons. The van der Waals surface area contributed by atoms with E-state index in [2.05, 4.69) is 25.1 Å². The first-order chi connectivity index (χ1) is 9.29. The molecule has 0 unspecified atom stereocenters. The van der Waals surface area contributed by atoms with Crippen molar-refractivity contribution in [3.63, 3.8) is 0 Å². The largest absolute Gasteiger partial charge is 0.347 e. The molecule has 2 aromatic rings. The predicted molar refractivity (Wildman–Crippen MR) is 67.9 cm³/mol. The van der Waals surface area contributed by atoms with Crippen molar-refractivity contribution in [2.75, 3.05) is 11.4 Å². The molecule has 19 heavy (non-hydrogen) atoms. The van der Waals surface area contributed by atoms with Crippen LogP contribution < -0.4 is 10.5 Å². The summed E-state index contributed by atoms with van der Waals surface area (Å²) in [5, 5.41) is 7.99. The average molecular weight is 258 g/mol. The van der Waals surface area contributed by atoms with Gasteiger partial charge in [0.15, 0.2) is 5.82 Å². The highest BCUT2D eigenvalue weighted by molar-refractivity contribution is 5.39. The van der Waals surface area contributed by atoms with E-state index in [4.69, 9.17) is 0 Å². The van der Waals surface area contributed by atoms with Crippen molar-refractivity contribution in [3.05, 3.63) is 34.4 Å². The number of fused-ring (bicyclic) bond motifs is 1. The third-order valence-corrected chi connectivity index (χ3v) is 3.67. The number of nitrogens with one attached hydrogen (secondary N) is 1. The molecule has 1 fully saturated rings. The van der Waals surface area contributed by atoms with Crippen LogP contribution in [0.2, 0.25) is 0 Å². The molecule has 1 aliphatic heterocycles. The highest BCUT2D eigenvalue weighted by atomic mass is 16.1. The van der Waals surface area contributed by atoms with E-state index in [1.54, 1.807) is 12.4 Å². The number of aromatic nitrogens is 5. The quantitative estimate of drug-likeness (QED) is 0.835. The van der Waals surface area contributed by atoms with Crippen molar-refractivity contribution in [2.24, 2.45) is 0 Å². The molecule has 2 aliphatic rings. The smallest absolute Gasteiger partial charge is 0.252 e. The van der Waals surface area contributed by atoms with E-state index < -0.39 is 0 Å². The second-order valence-electron chi connectivity index (χ2n) is 5.13. The van der Waals surface area contributed by atoms with Crippen molar-refractivity contribution >= 4 is 5.82 Å². The maximum atomic E-state index is 11.7. The van der Waals surface area contributed by atoms with Crippen molar-refractivity contribution in [2.45, 2.75) is 31.8 Å². The molecule has 7 heteroatoms. The van der Waals surface area contributed by atoms with Crippen LogP contribution in [0.5, 0.6) is 0 Å². The van der Waals surface area contributed by atoms with Gasteiger partial charge in [0.2, 0.25) is 0 Å². The monoisotopic (exact) mass is 258 g/mol. The normalized spacial score (nSPS) is 18.4. The summed E-state index contributed by atoms with van der Waals surface area (Å²) in [6.07, 6.45) is 4.00. The SMILES string of the molecule is O=c1cc(N2CCn3cnnc3C2)nc(C2CC2)[nH]1. The Bertz CT molecular complexity index is 671. The lowest BCUT2D eigenvalue weighted by atomic mass is 10.3. The zero-order valence-electron chi connectivity index (χ0n) is 10.4. The van der Waals surface area contributed by atoms with Crippen LogP contribution in [-0.4, -0.2) is 31.3 Å². The summed E-state index contributed by atoms with van der Waals surface area (Å²) in [4.78, 5) is 21.2. The molecule has 0 spiro atoms. The van der Waals surface area contributed by atoms with Crippen molar-refractivity contribution < 1.29 is 0 Å². The van der Waals surface area contributed by atoms with Crippen LogP contribution in [0.15, 0.2) is 17.2 Å². The first-order valence-corrected chi connectivity index (χ1v) is 6.52. The zero-order chi connectivity index (χ0) is 12.8. The Morgan fingerprint density at radius 1 is 1.32 bits per heavy atom. The van der Waals surface area contributed by atoms with Gasteiger partial charge >= 0.3 is 0 Å². The molecule has 1 N–H and O–H groups in total. The molecule has 7 nitrogen and oxygen atoms in total. The number of anilines is 1. The van der Waals surface area contributed by atoms with E-state index in [9.17, 15) is 4.79 Å². The van der Waals surface area contributed by atoms with Crippen molar-refractivity contribution in [1.82, 2.24) is 24.7 Å². The second-order valence-corrected chi connectivity index (χ2v) is 5.13. The van der Waals surface area contributed by atoms with Gasteiger partial charge in [0.1, 0.15) is 18.0 Å². The summed E-state index contributed by atoms with van der Waals surface area (Å²) in [5.41, 5.74) is -0.0704. The Morgan fingerprint density at radius 2 is 2.21 bits per heavy atom. The van der Waals surface area contributed by atoms with Gasteiger partial charge in [-0.15, -0.1) is 10.2 Å². The topological polar surface area (TPSA) is 79.7 Å². The summed E-state index contributed by atoms with van der Waals surface area (Å²) in [7, 11) is 0. The molecule has 4 rings (SSSR count). The van der Waals surface area contributed by atoms with Crippen LogP contribution in [-0.2, 0) is 13.1 Å². The Morgan fingerprint density at radius 3 is 3.05 bits per heavy atom. The van der Waals surface area contributed by atoms with E-state index in [1.807, 2.05) is 4.57 Å². The zero-order valence-corrected chi connectivity index (χ0v) is 10.4. The number of aromatic amines is 1. The van der Waals surface area contributed by atoms with Crippen molar-refractivity contribution in [1.29, 1.82) is 0 Å². The molecule has 3 heterocycles. The van der Waals surface area contributed by atoms with E-state index in [-0.39, 0.29) is 5.56 Å². The Balaban J connectivity index is 1.67. The summed E-state index contributed by atoms with van der Waals surface area (Å²) in [6, 6.07) is 1.57. The predicted octanol–water partition coefficient (Wildman–Crippen LogP) is 0.259. The van der Waals surface area contributed by atoms with E-state index >= 15 is 0 Å². The molecule has 0 aromatic carbocycles. The molecule has 2 aromatic heterocycles. The minimum absolute atomic E-state index is 0.0704. The minimum Gasteiger partial charge on any atom is -0.347 e. The van der Waals surface area contributed by atoms with Gasteiger partial charge in [-0.2, -0.15) is 0 Å². The van der Waals surface area contributed by atoms with E-state index in [0.717, 1.165) is 43.4 Å². The minimum atomic E-state index is -0.0704. The number of hydrogen-bond acceptors (Lipinski definition) is 5. The average Bonchev–Trinajstić information content (AvgIpc) is 3.16. The van der Waals surface area contributed by atoms with Crippen LogP contribution in [0.1, 0.15) is 30.4 Å². The number of rotatable bonds is 2. The number of hydrogen-bond donors (Lipinski definition) is 1. The summed E-state index contributed by atoms with van der Waals surface area (Å²) < 4.78 is 2.03. The molecular weight excluding hydrogens is 244 g/mol. The van der Waals surface area contributed by atoms with Gasteiger partial charge in [0.05, 0.1) is 6.54 Å². The first-order valence-electron chi connectivity index (χ1n) is 6.52. The lowest BCUT2D eigenvalue weighted by Gasteiger charge is -2.28. The lowest BCUT2D eigenvalue weighted by Crippen LogP contribution is -2.35.